The first-order valence-corrected chi connectivity index (χ1v) is 4.64. The Bertz CT molecular complexity index is 502. The Morgan fingerprint density at radius 2 is 2.50 bits per heavy atom. The van der Waals surface area contributed by atoms with E-state index < -0.39 is 0 Å². The molecule has 0 aliphatic rings. The van der Waals surface area contributed by atoms with Gasteiger partial charge < -0.3 is 15.6 Å². The van der Waals surface area contributed by atoms with E-state index in [-0.39, 0.29) is 17.6 Å². The monoisotopic (exact) mass is 222 g/mol. The van der Waals surface area contributed by atoms with Crippen LogP contribution in [0.15, 0.2) is 10.6 Å². The predicted octanol–water partition coefficient (Wildman–Crippen LogP) is -0.208. The van der Waals surface area contributed by atoms with Gasteiger partial charge in [0, 0.05) is 12.6 Å². The Hall–Kier alpha value is -2.38. The Kier molecular flexibility index (Phi) is 2.54. The second-order valence-electron chi connectivity index (χ2n) is 2.99. The third kappa shape index (κ3) is 1.85. The normalized spacial score (nSPS) is 10.3. The summed E-state index contributed by atoms with van der Waals surface area (Å²) >= 11 is 0. The van der Waals surface area contributed by atoms with Gasteiger partial charge in [-0.2, -0.15) is 10.1 Å². The fourth-order valence-corrected chi connectivity index (χ4v) is 1.11. The maximum absolute atomic E-state index is 11.3. The number of nitrogens with two attached hydrogens (primary N) is 1. The largest absolute Gasteiger partial charge is 0.382 e. The number of carbonyl (C=O) groups is 1. The maximum atomic E-state index is 11.3. The lowest BCUT2D eigenvalue weighted by molar-refractivity contribution is 0.0942. The summed E-state index contributed by atoms with van der Waals surface area (Å²) in [5.74, 6) is 0.0771. The summed E-state index contributed by atoms with van der Waals surface area (Å²) in [6, 6.07) is 1.54. The molecule has 0 aromatic carbocycles. The first-order chi connectivity index (χ1) is 7.70. The van der Waals surface area contributed by atoms with Crippen molar-refractivity contribution in [1.29, 1.82) is 0 Å². The highest BCUT2D eigenvalue weighted by Gasteiger charge is 2.15. The van der Waals surface area contributed by atoms with Gasteiger partial charge in [-0.3, -0.25) is 9.89 Å². The summed E-state index contributed by atoms with van der Waals surface area (Å²) in [7, 11) is 0. The topological polar surface area (TPSA) is 123 Å². The summed E-state index contributed by atoms with van der Waals surface area (Å²) in [6.45, 7) is 2.30. The van der Waals surface area contributed by atoms with Gasteiger partial charge >= 0.3 is 0 Å². The molecule has 0 unspecified atom stereocenters. The highest BCUT2D eigenvalue weighted by Crippen LogP contribution is 2.15. The van der Waals surface area contributed by atoms with E-state index in [1.165, 1.54) is 6.07 Å². The van der Waals surface area contributed by atoms with Crippen LogP contribution in [-0.2, 0) is 0 Å². The zero-order valence-corrected chi connectivity index (χ0v) is 8.52. The Labute approximate surface area is 90.2 Å². The van der Waals surface area contributed by atoms with Crippen LogP contribution in [0.1, 0.15) is 17.5 Å². The van der Waals surface area contributed by atoms with Crippen LogP contribution in [-0.4, -0.2) is 32.8 Å². The van der Waals surface area contributed by atoms with Crippen molar-refractivity contribution in [3.8, 4) is 11.6 Å². The number of nitrogens with zero attached hydrogens (tertiary/aromatic N) is 3. The molecule has 0 aliphatic heterocycles. The van der Waals surface area contributed by atoms with E-state index in [1.807, 2.05) is 0 Å². The van der Waals surface area contributed by atoms with Crippen LogP contribution in [0.25, 0.3) is 11.6 Å². The molecule has 4 N–H and O–H groups in total. The van der Waals surface area contributed by atoms with Crippen molar-refractivity contribution < 1.29 is 9.32 Å². The van der Waals surface area contributed by atoms with Crippen LogP contribution < -0.4 is 11.1 Å². The number of hydrogen-bond donors (Lipinski definition) is 3. The lowest BCUT2D eigenvalue weighted by atomic mass is 10.4. The molecule has 84 valence electrons. The van der Waals surface area contributed by atoms with Gasteiger partial charge in [0.25, 0.3) is 17.6 Å². The summed E-state index contributed by atoms with van der Waals surface area (Å²) < 4.78 is 4.88. The van der Waals surface area contributed by atoms with E-state index in [9.17, 15) is 4.79 Å². The predicted molar refractivity (Wildman–Crippen MR) is 54.3 cm³/mol. The summed E-state index contributed by atoms with van der Waals surface area (Å²) in [5.41, 5.74) is 5.89. The molecule has 0 saturated heterocycles. The molecule has 2 aromatic heterocycles. The molecule has 2 aromatic rings. The van der Waals surface area contributed by atoms with Gasteiger partial charge in [0.15, 0.2) is 0 Å². The lowest BCUT2D eigenvalue weighted by Crippen LogP contribution is -2.23. The number of nitrogen functional groups attached to an aromatic ring is 1. The summed E-state index contributed by atoms with van der Waals surface area (Å²) in [4.78, 5) is 15.2. The van der Waals surface area contributed by atoms with Crippen molar-refractivity contribution in [2.75, 3.05) is 12.3 Å². The molecule has 16 heavy (non-hydrogen) atoms. The van der Waals surface area contributed by atoms with E-state index in [0.29, 0.717) is 18.1 Å². The molecule has 8 nitrogen and oxygen atoms in total. The number of amides is 1. The van der Waals surface area contributed by atoms with Crippen LogP contribution in [0.4, 0.5) is 5.82 Å². The minimum Gasteiger partial charge on any atom is -0.382 e. The van der Waals surface area contributed by atoms with Gasteiger partial charge in [-0.15, -0.1) is 0 Å². The highest BCUT2D eigenvalue weighted by atomic mass is 16.5. The highest BCUT2D eigenvalue weighted by molar-refractivity contribution is 5.90. The average molecular weight is 222 g/mol. The third-order valence-electron chi connectivity index (χ3n) is 1.79. The molecule has 0 bridgehead atoms. The van der Waals surface area contributed by atoms with Crippen LogP contribution in [0.3, 0.4) is 0 Å². The van der Waals surface area contributed by atoms with Gasteiger partial charge in [-0.1, -0.05) is 5.16 Å². The van der Waals surface area contributed by atoms with Crippen molar-refractivity contribution in [2.24, 2.45) is 0 Å². The quantitative estimate of drug-likeness (QED) is 0.660. The molecule has 8 heteroatoms. The van der Waals surface area contributed by atoms with E-state index in [0.717, 1.165) is 0 Å². The van der Waals surface area contributed by atoms with E-state index in [4.69, 9.17) is 10.3 Å². The minimum absolute atomic E-state index is 0.0231. The minimum atomic E-state index is -0.384. The molecule has 2 rings (SSSR count). The second kappa shape index (κ2) is 4.01. The van der Waals surface area contributed by atoms with Crippen molar-refractivity contribution in [2.45, 2.75) is 6.92 Å². The molecule has 0 spiro atoms. The fraction of sp³-hybridized carbons (Fsp3) is 0.250. The number of aromatic nitrogens is 4. The van der Waals surface area contributed by atoms with Crippen LogP contribution in [0, 0.1) is 0 Å². The molecular weight excluding hydrogens is 212 g/mol. The average Bonchev–Trinajstić information content (AvgIpc) is 2.85. The first-order valence-electron chi connectivity index (χ1n) is 4.64. The number of rotatable bonds is 3. The van der Waals surface area contributed by atoms with Crippen molar-refractivity contribution >= 4 is 11.7 Å². The summed E-state index contributed by atoms with van der Waals surface area (Å²) in [6.07, 6.45) is 0. The molecule has 2 heterocycles. The zero-order valence-electron chi connectivity index (χ0n) is 8.52. The van der Waals surface area contributed by atoms with E-state index >= 15 is 0 Å². The van der Waals surface area contributed by atoms with Crippen molar-refractivity contribution in [3.63, 3.8) is 0 Å². The second-order valence-corrected chi connectivity index (χ2v) is 2.99. The number of H-pyrrole nitrogens is 1. The maximum Gasteiger partial charge on any atom is 0.292 e. The van der Waals surface area contributed by atoms with Gasteiger partial charge in [0.05, 0.1) is 0 Å². The Morgan fingerprint density at radius 3 is 3.12 bits per heavy atom. The molecular formula is C8H10N6O2. The van der Waals surface area contributed by atoms with Gasteiger partial charge in [0.2, 0.25) is 0 Å². The van der Waals surface area contributed by atoms with Gasteiger partial charge in [0.1, 0.15) is 11.5 Å². The number of aromatic amines is 1. The molecule has 0 aliphatic carbocycles. The van der Waals surface area contributed by atoms with Gasteiger partial charge in [-0.25, -0.2) is 0 Å². The zero-order chi connectivity index (χ0) is 11.5. The smallest absolute Gasteiger partial charge is 0.292 e. The Morgan fingerprint density at radius 1 is 1.69 bits per heavy atom. The summed E-state index contributed by atoms with van der Waals surface area (Å²) in [5, 5.41) is 12.4. The number of nitrogens with one attached hydrogen (secondary N) is 2. The van der Waals surface area contributed by atoms with Crippen molar-refractivity contribution in [1.82, 2.24) is 25.7 Å². The molecule has 0 radical (unpaired) electrons. The van der Waals surface area contributed by atoms with Crippen LogP contribution in [0.2, 0.25) is 0 Å². The fourth-order valence-electron chi connectivity index (χ4n) is 1.11. The van der Waals surface area contributed by atoms with Crippen LogP contribution in [0.5, 0.6) is 0 Å². The first kappa shape index (κ1) is 10.1. The standard InChI is InChI=1S/C8H10N6O2/c1-2-10-7(15)6-11-8(16-14-6)4-3-5(9)13-12-4/h3H,2H2,1H3,(H,10,15)(H3,9,12,13). The van der Waals surface area contributed by atoms with E-state index in [1.54, 1.807) is 6.92 Å². The van der Waals surface area contributed by atoms with E-state index in [2.05, 4.69) is 25.7 Å². The third-order valence-corrected chi connectivity index (χ3v) is 1.79. The van der Waals surface area contributed by atoms with Gasteiger partial charge in [-0.05, 0) is 6.92 Å². The molecule has 0 fully saturated rings. The number of carbonyl (C=O) groups excluding carboxylic acids is 1. The molecule has 0 saturated carbocycles. The lowest BCUT2D eigenvalue weighted by Gasteiger charge is -1.93. The Balaban J connectivity index is 2.22. The molecule has 1 amide bonds. The number of anilines is 1. The SMILES string of the molecule is CCNC(=O)c1noc(-c2cc(N)n[nH]2)n1. The van der Waals surface area contributed by atoms with Crippen LogP contribution >= 0.6 is 0 Å². The van der Waals surface area contributed by atoms with Crippen molar-refractivity contribution in [3.05, 3.63) is 11.9 Å². The number of hydrogen-bond acceptors (Lipinski definition) is 6. The molecule has 0 atom stereocenters.